The average molecular weight is 315 g/mol. The average Bonchev–Trinajstić information content (AvgIpc) is 2.81. The van der Waals surface area contributed by atoms with Gasteiger partial charge >= 0.3 is 0 Å². The van der Waals surface area contributed by atoms with Crippen molar-refractivity contribution in [3.05, 3.63) is 51.8 Å². The van der Waals surface area contributed by atoms with Gasteiger partial charge in [-0.3, -0.25) is 10.5 Å². The Kier molecular flexibility index (Phi) is 4.92. The molecule has 0 fully saturated rings. The van der Waals surface area contributed by atoms with Crippen molar-refractivity contribution in [3.63, 3.8) is 0 Å². The van der Waals surface area contributed by atoms with E-state index in [2.05, 4.69) is 10.5 Å². The molecule has 1 heterocycles. The molecule has 114 valence electrons. The van der Waals surface area contributed by atoms with Crippen molar-refractivity contribution in [2.45, 2.75) is 32.9 Å². The topological polar surface area (TPSA) is 55.9 Å². The Hall–Kier alpha value is -1.50. The minimum atomic E-state index is -0.911. The van der Waals surface area contributed by atoms with E-state index in [4.69, 9.17) is 17.4 Å². The van der Waals surface area contributed by atoms with E-state index in [1.807, 2.05) is 6.92 Å². The van der Waals surface area contributed by atoms with E-state index >= 15 is 0 Å². The van der Waals surface area contributed by atoms with E-state index in [-0.39, 0.29) is 5.56 Å². The molecule has 0 aliphatic heterocycles. The summed E-state index contributed by atoms with van der Waals surface area (Å²) in [5.74, 6) is 4.21. The van der Waals surface area contributed by atoms with E-state index in [1.165, 1.54) is 18.3 Å². The van der Waals surface area contributed by atoms with Gasteiger partial charge in [0, 0.05) is 12.1 Å². The number of benzene rings is 1. The van der Waals surface area contributed by atoms with E-state index < -0.39 is 17.7 Å². The van der Waals surface area contributed by atoms with Gasteiger partial charge < -0.3 is 0 Å². The second-order valence-corrected chi connectivity index (χ2v) is 5.20. The molecule has 0 amide bonds. The Balaban J connectivity index is 2.60. The smallest absolute Gasteiger partial charge is 0.134 e. The summed E-state index contributed by atoms with van der Waals surface area (Å²) in [6, 6.07) is 1.69. The van der Waals surface area contributed by atoms with Crippen LogP contribution in [0.4, 0.5) is 8.78 Å². The van der Waals surface area contributed by atoms with Crippen LogP contribution in [0.2, 0.25) is 5.02 Å². The maximum absolute atomic E-state index is 14.3. The number of hydrogen-bond donors (Lipinski definition) is 2. The highest BCUT2D eigenvalue weighted by Crippen LogP contribution is 2.32. The third-order valence-corrected chi connectivity index (χ3v) is 3.61. The van der Waals surface area contributed by atoms with Gasteiger partial charge in [-0.05, 0) is 25.0 Å². The number of aromatic nitrogens is 2. The minimum Gasteiger partial charge on any atom is -0.271 e. The number of halogens is 3. The number of nitrogens with one attached hydrogen (secondary N) is 1. The summed E-state index contributed by atoms with van der Waals surface area (Å²) in [5.41, 5.74) is 3.07. The predicted molar refractivity (Wildman–Crippen MR) is 77.8 cm³/mol. The molecular formula is C14H17ClF2N4. The van der Waals surface area contributed by atoms with Gasteiger partial charge in [-0.15, -0.1) is 0 Å². The molecule has 4 nitrogen and oxygen atoms in total. The summed E-state index contributed by atoms with van der Waals surface area (Å²) in [6.07, 6.45) is 2.25. The van der Waals surface area contributed by atoms with Crippen LogP contribution in [-0.4, -0.2) is 9.78 Å². The van der Waals surface area contributed by atoms with Crippen LogP contribution < -0.4 is 11.3 Å². The van der Waals surface area contributed by atoms with Gasteiger partial charge in [-0.2, -0.15) is 5.10 Å². The molecule has 21 heavy (non-hydrogen) atoms. The summed E-state index contributed by atoms with van der Waals surface area (Å²) in [5, 5.41) is 4.44. The molecule has 0 radical (unpaired) electrons. The lowest BCUT2D eigenvalue weighted by Gasteiger charge is -2.20. The molecule has 1 atom stereocenters. The zero-order chi connectivity index (χ0) is 15.6. The summed E-state index contributed by atoms with van der Waals surface area (Å²) in [4.78, 5) is 0. The number of nitrogens with zero attached hydrogens (tertiary/aromatic N) is 2. The molecule has 0 saturated carbocycles. The van der Waals surface area contributed by atoms with Gasteiger partial charge in [0.2, 0.25) is 0 Å². The fraction of sp³-hybridized carbons (Fsp3) is 0.357. The van der Waals surface area contributed by atoms with Crippen LogP contribution in [0.1, 0.15) is 36.2 Å². The highest BCUT2D eigenvalue weighted by atomic mass is 35.5. The van der Waals surface area contributed by atoms with Crippen molar-refractivity contribution >= 4 is 11.6 Å². The van der Waals surface area contributed by atoms with Crippen molar-refractivity contribution in [1.82, 2.24) is 15.2 Å². The lowest BCUT2D eigenvalue weighted by molar-refractivity contribution is 0.474. The number of aryl methyl sites for hydroxylation is 2. The van der Waals surface area contributed by atoms with Crippen molar-refractivity contribution in [3.8, 4) is 0 Å². The molecule has 2 aromatic rings. The first kappa shape index (κ1) is 15.9. The largest absolute Gasteiger partial charge is 0.271 e. The summed E-state index contributed by atoms with van der Waals surface area (Å²) in [7, 11) is 0. The maximum Gasteiger partial charge on any atom is 0.134 e. The van der Waals surface area contributed by atoms with Crippen LogP contribution in [0.5, 0.6) is 0 Å². The van der Waals surface area contributed by atoms with Gasteiger partial charge in [0.1, 0.15) is 11.6 Å². The zero-order valence-corrected chi connectivity index (χ0v) is 12.6. The van der Waals surface area contributed by atoms with Gasteiger partial charge in [0.05, 0.1) is 23.0 Å². The number of nitrogens with two attached hydrogens (primary N) is 1. The molecule has 1 unspecified atom stereocenters. The second kappa shape index (κ2) is 6.51. The second-order valence-electron chi connectivity index (χ2n) is 4.79. The Morgan fingerprint density at radius 1 is 1.43 bits per heavy atom. The third kappa shape index (κ3) is 2.92. The van der Waals surface area contributed by atoms with Crippen LogP contribution in [0.15, 0.2) is 18.3 Å². The highest BCUT2D eigenvalue weighted by molar-refractivity contribution is 6.31. The monoisotopic (exact) mass is 314 g/mol. The van der Waals surface area contributed by atoms with Gasteiger partial charge in [0.25, 0.3) is 0 Å². The van der Waals surface area contributed by atoms with E-state index in [0.29, 0.717) is 22.8 Å². The zero-order valence-electron chi connectivity index (χ0n) is 11.8. The van der Waals surface area contributed by atoms with Crippen LogP contribution in [0, 0.1) is 18.6 Å². The van der Waals surface area contributed by atoms with Crippen molar-refractivity contribution in [1.29, 1.82) is 0 Å². The molecule has 2 rings (SSSR count). The van der Waals surface area contributed by atoms with Crippen LogP contribution in [-0.2, 0) is 6.54 Å². The molecule has 0 saturated heterocycles. The van der Waals surface area contributed by atoms with Crippen molar-refractivity contribution in [2.75, 3.05) is 0 Å². The molecule has 7 heteroatoms. The fourth-order valence-electron chi connectivity index (χ4n) is 2.29. The molecule has 0 spiro atoms. The van der Waals surface area contributed by atoms with Crippen LogP contribution >= 0.6 is 11.6 Å². The molecule has 0 bridgehead atoms. The predicted octanol–water partition coefficient (Wildman–Crippen LogP) is 3.09. The first-order valence-corrected chi connectivity index (χ1v) is 7.00. The first-order valence-electron chi connectivity index (χ1n) is 6.63. The normalized spacial score (nSPS) is 12.7. The number of hydrazine groups is 1. The number of rotatable bonds is 5. The molecule has 1 aromatic carbocycles. The Labute approximate surface area is 126 Å². The Bertz CT molecular complexity index is 642. The molecule has 1 aromatic heterocycles. The van der Waals surface area contributed by atoms with Gasteiger partial charge in [0.15, 0.2) is 0 Å². The molecule has 0 aliphatic rings. The lowest BCUT2D eigenvalue weighted by atomic mass is 10.00. The van der Waals surface area contributed by atoms with Crippen molar-refractivity contribution in [2.24, 2.45) is 5.84 Å². The third-order valence-electron chi connectivity index (χ3n) is 3.32. The van der Waals surface area contributed by atoms with E-state index in [9.17, 15) is 8.78 Å². The van der Waals surface area contributed by atoms with Crippen molar-refractivity contribution < 1.29 is 8.78 Å². The Morgan fingerprint density at radius 3 is 2.76 bits per heavy atom. The standard InChI is InChI=1S/C14H17ClF2N4/c1-3-6-21-14(9(15)7-19-21)13(20-18)11-10(16)5-4-8(2)12(11)17/h4-5,7,13,20H,3,6,18H2,1-2H3. The maximum atomic E-state index is 14.3. The summed E-state index contributed by atoms with van der Waals surface area (Å²) >= 11 is 6.12. The van der Waals surface area contributed by atoms with Gasteiger partial charge in [-0.25, -0.2) is 14.2 Å². The molecule has 0 aliphatic carbocycles. The molecule has 3 N–H and O–H groups in total. The van der Waals surface area contributed by atoms with E-state index in [1.54, 1.807) is 11.6 Å². The highest BCUT2D eigenvalue weighted by Gasteiger charge is 2.27. The molecular weight excluding hydrogens is 298 g/mol. The van der Waals surface area contributed by atoms with Gasteiger partial charge in [-0.1, -0.05) is 24.6 Å². The van der Waals surface area contributed by atoms with E-state index in [0.717, 1.165) is 6.42 Å². The minimum absolute atomic E-state index is 0.155. The summed E-state index contributed by atoms with van der Waals surface area (Å²) < 4.78 is 30.0. The van der Waals surface area contributed by atoms with Crippen LogP contribution in [0.25, 0.3) is 0 Å². The number of hydrogen-bond acceptors (Lipinski definition) is 3. The first-order chi connectivity index (χ1) is 10.0. The lowest BCUT2D eigenvalue weighted by Crippen LogP contribution is -2.32. The fourth-order valence-corrected chi connectivity index (χ4v) is 2.54. The quantitative estimate of drug-likeness (QED) is 0.658. The summed E-state index contributed by atoms with van der Waals surface area (Å²) in [6.45, 7) is 4.12. The van der Waals surface area contributed by atoms with Crippen LogP contribution in [0.3, 0.4) is 0 Å². The Morgan fingerprint density at radius 2 is 2.14 bits per heavy atom. The SMILES string of the molecule is CCCn1ncc(Cl)c1C(NN)c1c(F)ccc(C)c1F.